The van der Waals surface area contributed by atoms with E-state index < -0.39 is 0 Å². The molecule has 2 aromatic rings. The van der Waals surface area contributed by atoms with Gasteiger partial charge in [-0.2, -0.15) is 0 Å². The molecule has 0 aliphatic heterocycles. The van der Waals surface area contributed by atoms with Crippen molar-refractivity contribution in [2.24, 2.45) is 0 Å². The van der Waals surface area contributed by atoms with Crippen molar-refractivity contribution in [3.05, 3.63) is 36.5 Å². The van der Waals surface area contributed by atoms with Crippen molar-refractivity contribution in [3.63, 3.8) is 0 Å². The summed E-state index contributed by atoms with van der Waals surface area (Å²) in [7, 11) is 1.39. The number of fused-ring (bicyclic) bond motifs is 1. The number of methoxy groups -OCH3 is 1. The van der Waals surface area contributed by atoms with Crippen molar-refractivity contribution in [2.45, 2.75) is 25.7 Å². The highest BCUT2D eigenvalue weighted by Crippen LogP contribution is 2.20. The van der Waals surface area contributed by atoms with Crippen LogP contribution in [0.25, 0.3) is 10.9 Å². The van der Waals surface area contributed by atoms with Crippen LogP contribution in [0.5, 0.6) is 0 Å². The lowest BCUT2D eigenvalue weighted by atomic mass is 10.2. The normalized spacial score (nSPS) is 10.3. The second kappa shape index (κ2) is 8.73. The SMILES string of the molecule is COC(=O)CCCCCNC(=O)Nc1cccc2cccnc12. The zero-order chi connectivity index (χ0) is 16.5. The van der Waals surface area contributed by atoms with Crippen LogP contribution in [0.3, 0.4) is 0 Å². The quantitative estimate of drug-likeness (QED) is 0.608. The van der Waals surface area contributed by atoms with Gasteiger partial charge in [0.1, 0.15) is 0 Å². The maximum atomic E-state index is 11.9. The molecule has 6 heteroatoms. The molecule has 2 amide bonds. The third kappa shape index (κ3) is 5.25. The van der Waals surface area contributed by atoms with Crippen molar-refractivity contribution in [1.82, 2.24) is 10.3 Å². The van der Waals surface area contributed by atoms with Gasteiger partial charge in [0.25, 0.3) is 0 Å². The van der Waals surface area contributed by atoms with E-state index in [1.54, 1.807) is 6.20 Å². The van der Waals surface area contributed by atoms with Crippen molar-refractivity contribution in [1.29, 1.82) is 0 Å². The largest absolute Gasteiger partial charge is 0.469 e. The molecule has 2 rings (SSSR count). The van der Waals surface area contributed by atoms with E-state index in [9.17, 15) is 9.59 Å². The van der Waals surface area contributed by atoms with Crippen molar-refractivity contribution < 1.29 is 14.3 Å². The van der Waals surface area contributed by atoms with E-state index in [-0.39, 0.29) is 12.0 Å². The number of amides is 2. The number of esters is 1. The van der Waals surface area contributed by atoms with Gasteiger partial charge in [0.15, 0.2) is 0 Å². The van der Waals surface area contributed by atoms with Gasteiger partial charge >= 0.3 is 12.0 Å². The van der Waals surface area contributed by atoms with E-state index >= 15 is 0 Å². The summed E-state index contributed by atoms with van der Waals surface area (Å²) in [6.45, 7) is 0.561. The Bertz CT molecular complexity index is 668. The monoisotopic (exact) mass is 315 g/mol. The molecule has 0 bridgehead atoms. The first-order valence-electron chi connectivity index (χ1n) is 7.66. The first kappa shape index (κ1) is 16.7. The molecule has 0 radical (unpaired) electrons. The summed E-state index contributed by atoms with van der Waals surface area (Å²) in [5, 5.41) is 6.60. The molecule has 0 aliphatic rings. The highest BCUT2D eigenvalue weighted by Gasteiger charge is 2.06. The molecule has 0 aliphatic carbocycles. The maximum Gasteiger partial charge on any atom is 0.319 e. The molecule has 0 atom stereocenters. The van der Waals surface area contributed by atoms with Gasteiger partial charge in [-0.05, 0) is 25.0 Å². The van der Waals surface area contributed by atoms with E-state index in [1.807, 2.05) is 30.3 Å². The lowest BCUT2D eigenvalue weighted by Crippen LogP contribution is -2.29. The van der Waals surface area contributed by atoms with Crippen molar-refractivity contribution >= 4 is 28.6 Å². The molecule has 2 N–H and O–H groups in total. The zero-order valence-corrected chi connectivity index (χ0v) is 13.2. The van der Waals surface area contributed by atoms with E-state index in [2.05, 4.69) is 20.4 Å². The number of ether oxygens (including phenoxy) is 1. The number of aromatic nitrogens is 1. The molecule has 122 valence electrons. The third-order valence-electron chi connectivity index (χ3n) is 3.45. The van der Waals surface area contributed by atoms with Gasteiger partial charge < -0.3 is 15.4 Å². The molecular formula is C17H21N3O3. The van der Waals surface area contributed by atoms with Gasteiger partial charge in [-0.1, -0.05) is 24.6 Å². The molecule has 23 heavy (non-hydrogen) atoms. The van der Waals surface area contributed by atoms with Gasteiger partial charge in [-0.25, -0.2) is 4.79 Å². The molecule has 0 saturated carbocycles. The molecular weight excluding hydrogens is 294 g/mol. The summed E-state index contributed by atoms with van der Waals surface area (Å²) < 4.78 is 4.57. The van der Waals surface area contributed by atoms with Crippen LogP contribution >= 0.6 is 0 Å². The number of carbonyl (C=O) groups excluding carboxylic acids is 2. The number of carbonyl (C=O) groups is 2. The number of benzene rings is 1. The first-order chi connectivity index (χ1) is 11.2. The Morgan fingerprint density at radius 1 is 1.13 bits per heavy atom. The minimum atomic E-state index is -0.254. The molecule has 0 spiro atoms. The van der Waals surface area contributed by atoms with Gasteiger partial charge in [0, 0.05) is 24.5 Å². The molecule has 6 nitrogen and oxygen atoms in total. The fourth-order valence-corrected chi connectivity index (χ4v) is 2.25. The summed E-state index contributed by atoms with van der Waals surface area (Å²) >= 11 is 0. The number of anilines is 1. The number of para-hydroxylation sites is 1. The van der Waals surface area contributed by atoms with Gasteiger partial charge in [-0.3, -0.25) is 9.78 Å². The predicted molar refractivity (Wildman–Crippen MR) is 89.2 cm³/mol. The van der Waals surface area contributed by atoms with Crippen LogP contribution in [0.4, 0.5) is 10.5 Å². The van der Waals surface area contributed by atoms with E-state index in [0.717, 1.165) is 30.2 Å². The molecule has 0 fully saturated rings. The number of nitrogens with one attached hydrogen (secondary N) is 2. The van der Waals surface area contributed by atoms with E-state index in [4.69, 9.17) is 0 Å². The highest BCUT2D eigenvalue weighted by molar-refractivity contribution is 5.99. The fourth-order valence-electron chi connectivity index (χ4n) is 2.25. The van der Waals surface area contributed by atoms with Crippen LogP contribution in [0.2, 0.25) is 0 Å². The van der Waals surface area contributed by atoms with Crippen LogP contribution in [0.15, 0.2) is 36.5 Å². The standard InChI is InChI=1S/C17H21N3O3/c1-23-15(21)10-3-2-4-11-19-17(22)20-14-9-5-7-13-8-6-12-18-16(13)14/h5-9,12H,2-4,10-11H2,1H3,(H2,19,20,22). The lowest BCUT2D eigenvalue weighted by Gasteiger charge is -2.09. The lowest BCUT2D eigenvalue weighted by molar-refractivity contribution is -0.140. The number of hydrogen-bond donors (Lipinski definition) is 2. The maximum absolute atomic E-state index is 11.9. The minimum absolute atomic E-state index is 0.195. The minimum Gasteiger partial charge on any atom is -0.469 e. The van der Waals surface area contributed by atoms with Gasteiger partial charge in [-0.15, -0.1) is 0 Å². The van der Waals surface area contributed by atoms with Crippen LogP contribution in [-0.4, -0.2) is 30.6 Å². The van der Waals surface area contributed by atoms with Crippen molar-refractivity contribution in [3.8, 4) is 0 Å². The number of rotatable bonds is 7. The summed E-state index contributed by atoms with van der Waals surface area (Å²) in [5.41, 5.74) is 1.45. The Balaban J connectivity index is 1.73. The third-order valence-corrected chi connectivity index (χ3v) is 3.45. The Labute approximate surface area is 135 Å². The number of pyridine rings is 1. The predicted octanol–water partition coefficient (Wildman–Crippen LogP) is 3.09. The molecule has 1 aromatic carbocycles. The average Bonchev–Trinajstić information content (AvgIpc) is 2.58. The highest BCUT2D eigenvalue weighted by atomic mass is 16.5. The number of urea groups is 1. The van der Waals surface area contributed by atoms with Crippen molar-refractivity contribution in [2.75, 3.05) is 19.0 Å². The number of unbranched alkanes of at least 4 members (excludes halogenated alkanes) is 2. The fraction of sp³-hybridized carbons (Fsp3) is 0.353. The molecule has 0 unspecified atom stereocenters. The number of nitrogens with zero attached hydrogens (tertiary/aromatic N) is 1. The number of hydrogen-bond acceptors (Lipinski definition) is 4. The first-order valence-corrected chi connectivity index (χ1v) is 7.66. The van der Waals surface area contributed by atoms with E-state index in [1.165, 1.54) is 7.11 Å². The Hall–Kier alpha value is -2.63. The van der Waals surface area contributed by atoms with Crippen LogP contribution < -0.4 is 10.6 Å². The summed E-state index contributed by atoms with van der Waals surface area (Å²) in [6.07, 6.45) is 4.57. The molecule has 1 aromatic heterocycles. The molecule has 1 heterocycles. The summed E-state index contributed by atoms with van der Waals surface area (Å²) in [5.74, 6) is -0.195. The van der Waals surface area contributed by atoms with E-state index in [0.29, 0.717) is 18.7 Å². The average molecular weight is 315 g/mol. The summed E-state index contributed by atoms with van der Waals surface area (Å²) in [6, 6.07) is 9.22. The Morgan fingerprint density at radius 2 is 1.96 bits per heavy atom. The topological polar surface area (TPSA) is 80.3 Å². The second-order valence-corrected chi connectivity index (χ2v) is 5.15. The smallest absolute Gasteiger partial charge is 0.319 e. The van der Waals surface area contributed by atoms with Gasteiger partial charge in [0.2, 0.25) is 0 Å². The zero-order valence-electron chi connectivity index (χ0n) is 13.2. The molecule has 0 saturated heterocycles. The van der Waals surface area contributed by atoms with Crippen LogP contribution in [0, 0.1) is 0 Å². The van der Waals surface area contributed by atoms with Gasteiger partial charge in [0.05, 0.1) is 18.3 Å². The van der Waals surface area contributed by atoms with Crippen LogP contribution in [0.1, 0.15) is 25.7 Å². The Morgan fingerprint density at radius 3 is 2.78 bits per heavy atom. The van der Waals surface area contributed by atoms with Crippen LogP contribution in [-0.2, 0) is 9.53 Å². The Kier molecular flexibility index (Phi) is 6.35. The second-order valence-electron chi connectivity index (χ2n) is 5.15. The summed E-state index contributed by atoms with van der Waals surface area (Å²) in [4.78, 5) is 27.2.